The van der Waals surface area contributed by atoms with E-state index < -0.39 is 26.3 Å². The molecule has 8 heteroatoms. The molecule has 0 bridgehead atoms. The Morgan fingerprint density at radius 2 is 1.87 bits per heavy atom. The Bertz CT molecular complexity index is 653. The number of likely N-dealkylation sites (tertiary alicyclic amines) is 1. The fraction of sp³-hybridized carbons (Fsp3) is 0.533. The number of methoxy groups -OCH3 is 1. The number of nitrogens with zero attached hydrogens (tertiary/aromatic N) is 1. The fourth-order valence-electron chi connectivity index (χ4n) is 2.85. The highest BCUT2D eigenvalue weighted by Gasteiger charge is 2.51. The lowest BCUT2D eigenvalue weighted by Crippen LogP contribution is -2.57. The molecule has 0 aromatic heterocycles. The van der Waals surface area contributed by atoms with Crippen molar-refractivity contribution in [3.8, 4) is 0 Å². The van der Waals surface area contributed by atoms with E-state index >= 15 is 0 Å². The van der Waals surface area contributed by atoms with Gasteiger partial charge < -0.3 is 15.4 Å². The number of nitrogens with two attached hydrogens (primary N) is 1. The maximum absolute atomic E-state index is 13.0. The summed E-state index contributed by atoms with van der Waals surface area (Å²) >= 11 is 0. The summed E-state index contributed by atoms with van der Waals surface area (Å²) in [7, 11) is -2.39. The average molecular weight is 344 g/mol. The minimum atomic E-state index is -3.98. The standard InChI is InChI=1S/C15H21FN2O4S/c1-22-11-10-18-8-6-15(7-9-18,14(17)19)23(20,21)13-4-2-12(16)3-5-13/h2-5H,6-11H2,1H3,(H2,17,19). The third-order valence-corrected chi connectivity index (χ3v) is 6.89. The summed E-state index contributed by atoms with van der Waals surface area (Å²) in [6.45, 7) is 2.08. The van der Waals surface area contributed by atoms with Crippen LogP contribution in [-0.4, -0.2) is 57.3 Å². The van der Waals surface area contributed by atoms with Crippen LogP contribution in [0.1, 0.15) is 12.8 Å². The van der Waals surface area contributed by atoms with Crippen molar-refractivity contribution in [3.63, 3.8) is 0 Å². The molecule has 6 nitrogen and oxygen atoms in total. The smallest absolute Gasteiger partial charge is 0.239 e. The lowest BCUT2D eigenvalue weighted by molar-refractivity contribution is -0.121. The molecule has 0 atom stereocenters. The molecule has 1 aliphatic heterocycles. The molecule has 1 aromatic carbocycles. The highest BCUT2D eigenvalue weighted by molar-refractivity contribution is 7.93. The Morgan fingerprint density at radius 3 is 2.35 bits per heavy atom. The second-order valence-electron chi connectivity index (χ2n) is 5.65. The molecular weight excluding hydrogens is 323 g/mol. The van der Waals surface area contributed by atoms with Gasteiger partial charge in [-0.2, -0.15) is 0 Å². The fourth-order valence-corrected chi connectivity index (χ4v) is 4.78. The number of carbonyl (C=O) groups is 1. The highest BCUT2D eigenvalue weighted by Crippen LogP contribution is 2.35. The Kier molecular flexibility index (Phi) is 5.38. The van der Waals surface area contributed by atoms with Gasteiger partial charge in [0.15, 0.2) is 14.6 Å². The number of sulfone groups is 1. The monoisotopic (exact) mass is 344 g/mol. The Labute approximate surface area is 135 Å². The van der Waals surface area contributed by atoms with Crippen molar-refractivity contribution in [1.29, 1.82) is 0 Å². The molecule has 2 rings (SSSR count). The van der Waals surface area contributed by atoms with Gasteiger partial charge in [0.1, 0.15) is 5.82 Å². The molecule has 0 radical (unpaired) electrons. The van der Waals surface area contributed by atoms with Crippen LogP contribution in [0.25, 0.3) is 0 Å². The summed E-state index contributed by atoms with van der Waals surface area (Å²) in [4.78, 5) is 14.0. The van der Waals surface area contributed by atoms with Gasteiger partial charge in [0.05, 0.1) is 11.5 Å². The predicted molar refractivity (Wildman–Crippen MR) is 83.1 cm³/mol. The minimum Gasteiger partial charge on any atom is -0.383 e. The van der Waals surface area contributed by atoms with E-state index in [9.17, 15) is 17.6 Å². The Balaban J connectivity index is 2.28. The van der Waals surface area contributed by atoms with Gasteiger partial charge in [-0.25, -0.2) is 12.8 Å². The van der Waals surface area contributed by atoms with Gasteiger partial charge in [-0.1, -0.05) is 0 Å². The number of hydrogen-bond acceptors (Lipinski definition) is 5. The zero-order chi connectivity index (χ0) is 17.1. The number of amides is 1. The lowest BCUT2D eigenvalue weighted by Gasteiger charge is -2.38. The van der Waals surface area contributed by atoms with Crippen LogP contribution in [-0.2, 0) is 19.4 Å². The van der Waals surface area contributed by atoms with Crippen molar-refractivity contribution in [2.45, 2.75) is 22.5 Å². The van der Waals surface area contributed by atoms with Crippen LogP contribution in [0.4, 0.5) is 4.39 Å². The number of piperidine rings is 1. The Hall–Kier alpha value is -1.51. The van der Waals surface area contributed by atoms with Crippen molar-refractivity contribution in [2.75, 3.05) is 33.4 Å². The lowest BCUT2D eigenvalue weighted by atomic mass is 9.95. The molecule has 1 saturated heterocycles. The van der Waals surface area contributed by atoms with Gasteiger partial charge in [-0.15, -0.1) is 0 Å². The summed E-state index contributed by atoms with van der Waals surface area (Å²) in [5, 5.41) is 0. The normalized spacial score (nSPS) is 18.7. The molecule has 1 aliphatic rings. The largest absolute Gasteiger partial charge is 0.383 e. The van der Waals surface area contributed by atoms with E-state index in [1.54, 1.807) is 7.11 Å². The molecule has 1 aromatic rings. The first-order valence-corrected chi connectivity index (χ1v) is 8.83. The third-order valence-electron chi connectivity index (χ3n) is 4.36. The SMILES string of the molecule is COCCN1CCC(C(N)=O)(S(=O)(=O)c2ccc(F)cc2)CC1. The van der Waals surface area contributed by atoms with Crippen molar-refractivity contribution in [1.82, 2.24) is 4.90 Å². The molecular formula is C15H21FN2O4S. The third kappa shape index (κ3) is 3.39. The van der Waals surface area contributed by atoms with E-state index in [2.05, 4.69) is 0 Å². The molecule has 0 spiro atoms. The quantitative estimate of drug-likeness (QED) is 0.762. The van der Waals surface area contributed by atoms with E-state index in [1.807, 2.05) is 4.90 Å². The van der Waals surface area contributed by atoms with Gasteiger partial charge in [-0.05, 0) is 37.1 Å². The molecule has 1 amide bonds. The van der Waals surface area contributed by atoms with Crippen LogP contribution < -0.4 is 5.73 Å². The van der Waals surface area contributed by atoms with Crippen LogP contribution in [0, 0.1) is 5.82 Å². The van der Waals surface area contributed by atoms with Crippen molar-refractivity contribution in [3.05, 3.63) is 30.1 Å². The first kappa shape index (κ1) is 17.8. The van der Waals surface area contributed by atoms with Crippen molar-refractivity contribution in [2.24, 2.45) is 5.73 Å². The topological polar surface area (TPSA) is 89.7 Å². The molecule has 1 fully saturated rings. The summed E-state index contributed by atoms with van der Waals surface area (Å²) < 4.78 is 42.2. The number of rotatable bonds is 6. The van der Waals surface area contributed by atoms with Crippen LogP contribution in [0.5, 0.6) is 0 Å². The van der Waals surface area contributed by atoms with E-state index in [-0.39, 0.29) is 17.7 Å². The second-order valence-corrected chi connectivity index (χ2v) is 7.91. The average Bonchev–Trinajstić information content (AvgIpc) is 2.53. The molecule has 0 saturated carbocycles. The van der Waals surface area contributed by atoms with E-state index in [0.29, 0.717) is 26.2 Å². The number of halogens is 1. The maximum atomic E-state index is 13.0. The van der Waals surface area contributed by atoms with Crippen molar-refractivity contribution < 1.29 is 22.3 Å². The first-order valence-electron chi connectivity index (χ1n) is 7.35. The van der Waals surface area contributed by atoms with Crippen LogP contribution >= 0.6 is 0 Å². The van der Waals surface area contributed by atoms with Gasteiger partial charge in [0, 0.05) is 26.7 Å². The first-order chi connectivity index (χ1) is 10.8. The summed E-state index contributed by atoms with van der Waals surface area (Å²) in [5.74, 6) is -1.39. The van der Waals surface area contributed by atoms with Gasteiger partial charge >= 0.3 is 0 Å². The predicted octanol–water partition coefficient (Wildman–Crippen LogP) is 0.566. The van der Waals surface area contributed by atoms with E-state index in [0.717, 1.165) is 12.1 Å². The zero-order valence-corrected chi connectivity index (χ0v) is 13.8. The highest BCUT2D eigenvalue weighted by atomic mass is 32.2. The van der Waals surface area contributed by atoms with Gasteiger partial charge in [-0.3, -0.25) is 4.79 Å². The molecule has 0 aliphatic carbocycles. The maximum Gasteiger partial charge on any atom is 0.239 e. The summed E-state index contributed by atoms with van der Waals surface area (Å²) in [6, 6.07) is 4.48. The van der Waals surface area contributed by atoms with Crippen molar-refractivity contribution >= 4 is 15.7 Å². The molecule has 0 unspecified atom stereocenters. The number of benzene rings is 1. The number of carbonyl (C=O) groups excluding carboxylic acids is 1. The van der Waals surface area contributed by atoms with E-state index in [1.165, 1.54) is 12.1 Å². The molecule has 128 valence electrons. The summed E-state index contributed by atoms with van der Waals surface area (Å²) in [5.41, 5.74) is 5.47. The number of ether oxygens (including phenoxy) is 1. The zero-order valence-electron chi connectivity index (χ0n) is 13.0. The summed E-state index contributed by atoms with van der Waals surface area (Å²) in [6.07, 6.45) is 0.234. The molecule has 23 heavy (non-hydrogen) atoms. The number of primary amides is 1. The van der Waals surface area contributed by atoms with Gasteiger partial charge in [0.25, 0.3) is 0 Å². The van der Waals surface area contributed by atoms with E-state index in [4.69, 9.17) is 10.5 Å². The van der Waals surface area contributed by atoms with Crippen LogP contribution in [0.15, 0.2) is 29.2 Å². The minimum absolute atomic E-state index is 0.0805. The van der Waals surface area contributed by atoms with Crippen LogP contribution in [0.2, 0.25) is 0 Å². The van der Waals surface area contributed by atoms with Gasteiger partial charge in [0.2, 0.25) is 5.91 Å². The number of hydrogen-bond donors (Lipinski definition) is 1. The Morgan fingerprint density at radius 1 is 1.30 bits per heavy atom. The molecule has 1 heterocycles. The molecule has 2 N–H and O–H groups in total. The van der Waals surface area contributed by atoms with Crippen LogP contribution in [0.3, 0.4) is 0 Å². The second kappa shape index (κ2) is 6.94.